The molecule has 0 radical (unpaired) electrons. The monoisotopic (exact) mass is 596 g/mol. The number of alkyl halides is 3. The fourth-order valence-electron chi connectivity index (χ4n) is 5.23. The van der Waals surface area contributed by atoms with Gasteiger partial charge < -0.3 is 9.64 Å². The molecule has 0 atom stereocenters. The number of ether oxygens (including phenoxy) is 1. The minimum Gasteiger partial charge on any atom is -0.444 e. The summed E-state index contributed by atoms with van der Waals surface area (Å²) < 4.78 is 65.2. The van der Waals surface area contributed by atoms with E-state index in [9.17, 15) is 18.0 Å². The second kappa shape index (κ2) is 10.1. The van der Waals surface area contributed by atoms with Gasteiger partial charge in [-0.15, -0.1) is 0 Å². The zero-order valence-corrected chi connectivity index (χ0v) is 23.7. The van der Waals surface area contributed by atoms with Crippen molar-refractivity contribution < 1.29 is 27.1 Å². The molecule has 1 amide bonds. The quantitative estimate of drug-likeness (QED) is 0.172. The summed E-state index contributed by atoms with van der Waals surface area (Å²) >= 11 is 13.0. The smallest absolute Gasteiger partial charge is 0.417 e. The normalized spacial score (nSPS) is 15.3. The highest BCUT2D eigenvalue weighted by Crippen LogP contribution is 2.45. The van der Waals surface area contributed by atoms with Gasteiger partial charge in [-0.25, -0.2) is 14.2 Å². The molecule has 1 saturated heterocycles. The lowest BCUT2D eigenvalue weighted by Gasteiger charge is -2.33. The van der Waals surface area contributed by atoms with E-state index in [1.807, 2.05) is 0 Å². The van der Waals surface area contributed by atoms with Gasteiger partial charge in [-0.2, -0.15) is 18.3 Å². The van der Waals surface area contributed by atoms with E-state index < -0.39 is 34.8 Å². The molecule has 0 spiro atoms. The summed E-state index contributed by atoms with van der Waals surface area (Å²) in [5.41, 5.74) is -2.15. The number of rotatable bonds is 2. The van der Waals surface area contributed by atoms with Crippen LogP contribution in [-0.4, -0.2) is 44.4 Å². The second-order valence-corrected chi connectivity index (χ2v) is 11.7. The molecule has 5 rings (SSSR count). The molecule has 12 heteroatoms. The number of aryl methyl sites for hydroxylation is 1. The van der Waals surface area contributed by atoms with Crippen molar-refractivity contribution in [2.75, 3.05) is 13.1 Å². The lowest BCUT2D eigenvalue weighted by atomic mass is 9.94. The molecular weight excluding hydrogens is 571 g/mol. The number of hydrogen-bond donors (Lipinski definition) is 0. The standard InChI is InChI=1S/C28H26Cl2F4N4O2/c1-14-6-5-7-16(21(14)28(32,33)34)20-19(29)12-17-23(22(20)31)36-25(30)18-13-35-38(24(17)18)15-8-10-37(11-9-15)26(39)40-27(2,3)4/h5-7,12-13,15H,8-11H2,1-4H3. The number of carbonyl (C=O) groups is 1. The summed E-state index contributed by atoms with van der Waals surface area (Å²) in [6.07, 6.45) is -2.52. The molecule has 1 aliphatic heterocycles. The van der Waals surface area contributed by atoms with Crippen molar-refractivity contribution in [1.29, 1.82) is 0 Å². The maximum absolute atomic E-state index is 16.1. The molecule has 3 heterocycles. The molecule has 0 bridgehead atoms. The van der Waals surface area contributed by atoms with Gasteiger partial charge in [-0.1, -0.05) is 41.4 Å². The molecule has 40 heavy (non-hydrogen) atoms. The Kier molecular flexibility index (Phi) is 7.15. The molecule has 0 saturated carbocycles. The highest BCUT2D eigenvalue weighted by atomic mass is 35.5. The van der Waals surface area contributed by atoms with E-state index in [0.717, 1.165) is 0 Å². The summed E-state index contributed by atoms with van der Waals surface area (Å²) in [4.78, 5) is 18.3. The highest BCUT2D eigenvalue weighted by Gasteiger charge is 2.37. The molecule has 212 valence electrons. The average molecular weight is 597 g/mol. The van der Waals surface area contributed by atoms with E-state index in [1.54, 1.807) is 30.4 Å². The molecule has 2 aromatic carbocycles. The molecule has 1 aliphatic rings. The zero-order chi connectivity index (χ0) is 29.1. The van der Waals surface area contributed by atoms with Crippen LogP contribution in [0.1, 0.15) is 50.8 Å². The Morgan fingerprint density at radius 2 is 1.77 bits per heavy atom. The largest absolute Gasteiger partial charge is 0.444 e. The van der Waals surface area contributed by atoms with Crippen LogP contribution in [0.4, 0.5) is 22.4 Å². The van der Waals surface area contributed by atoms with Crippen molar-refractivity contribution in [3.8, 4) is 11.1 Å². The van der Waals surface area contributed by atoms with Gasteiger partial charge in [0.2, 0.25) is 0 Å². The summed E-state index contributed by atoms with van der Waals surface area (Å²) in [6, 6.07) is 5.17. The maximum atomic E-state index is 16.1. The van der Waals surface area contributed by atoms with Gasteiger partial charge in [0, 0.05) is 24.0 Å². The number of benzene rings is 2. The number of pyridine rings is 1. The van der Waals surface area contributed by atoms with Crippen LogP contribution in [0.15, 0.2) is 30.5 Å². The number of halogens is 6. The summed E-state index contributed by atoms with van der Waals surface area (Å²) in [5, 5.41) is 5.00. The third-order valence-corrected chi connectivity index (χ3v) is 7.55. The maximum Gasteiger partial charge on any atom is 0.417 e. The van der Waals surface area contributed by atoms with Crippen molar-refractivity contribution in [2.24, 2.45) is 0 Å². The van der Waals surface area contributed by atoms with E-state index >= 15 is 4.39 Å². The second-order valence-electron chi connectivity index (χ2n) is 10.9. The first-order chi connectivity index (χ1) is 18.7. The third-order valence-electron chi connectivity index (χ3n) is 6.96. The van der Waals surface area contributed by atoms with Crippen LogP contribution in [0, 0.1) is 12.7 Å². The van der Waals surface area contributed by atoms with E-state index in [0.29, 0.717) is 36.8 Å². The van der Waals surface area contributed by atoms with Crippen LogP contribution < -0.4 is 0 Å². The van der Waals surface area contributed by atoms with Crippen LogP contribution in [0.2, 0.25) is 10.2 Å². The van der Waals surface area contributed by atoms with E-state index in [4.69, 9.17) is 27.9 Å². The molecule has 0 N–H and O–H groups in total. The molecule has 1 fully saturated rings. The van der Waals surface area contributed by atoms with E-state index in [-0.39, 0.29) is 38.2 Å². The first-order valence-electron chi connectivity index (χ1n) is 12.7. The SMILES string of the molecule is Cc1cccc(-c2c(Cl)cc3c(nc(Cl)c4cnn(C5CCN(C(=O)OC(C)(C)C)CC5)c43)c2F)c1C(F)(F)F. The molecule has 6 nitrogen and oxygen atoms in total. The van der Waals surface area contributed by atoms with Crippen molar-refractivity contribution in [1.82, 2.24) is 19.7 Å². The van der Waals surface area contributed by atoms with Gasteiger partial charge in [0.25, 0.3) is 0 Å². The average Bonchev–Trinajstić information content (AvgIpc) is 3.29. The molecule has 0 unspecified atom stereocenters. The predicted octanol–water partition coefficient (Wildman–Crippen LogP) is 8.60. The Morgan fingerprint density at radius 3 is 2.40 bits per heavy atom. The van der Waals surface area contributed by atoms with Gasteiger partial charge >= 0.3 is 12.3 Å². The van der Waals surface area contributed by atoms with Crippen molar-refractivity contribution in [2.45, 2.75) is 58.4 Å². The third kappa shape index (κ3) is 5.07. The Morgan fingerprint density at radius 1 is 1.10 bits per heavy atom. The minimum absolute atomic E-state index is 0.0348. The van der Waals surface area contributed by atoms with Gasteiger partial charge in [-0.05, 0) is 57.7 Å². The number of nitrogens with zero attached hydrogens (tertiary/aromatic N) is 4. The minimum atomic E-state index is -4.73. The van der Waals surface area contributed by atoms with Gasteiger partial charge in [0.15, 0.2) is 5.82 Å². The number of likely N-dealkylation sites (tertiary alicyclic amines) is 1. The Labute approximate surface area is 237 Å². The fraction of sp³-hybridized carbons (Fsp3) is 0.393. The fourth-order valence-corrected chi connectivity index (χ4v) is 5.75. The van der Waals surface area contributed by atoms with Crippen LogP contribution in [0.25, 0.3) is 32.9 Å². The number of carbonyl (C=O) groups excluding carboxylic acids is 1. The number of aromatic nitrogens is 3. The Balaban J connectivity index is 1.60. The molecule has 2 aromatic heterocycles. The first kappa shape index (κ1) is 28.4. The molecule has 4 aromatic rings. The summed E-state index contributed by atoms with van der Waals surface area (Å²) in [7, 11) is 0. The summed E-state index contributed by atoms with van der Waals surface area (Å²) in [6.45, 7) is 7.55. The van der Waals surface area contributed by atoms with E-state index in [2.05, 4.69) is 10.1 Å². The van der Waals surface area contributed by atoms with Crippen molar-refractivity contribution in [3.05, 3.63) is 57.6 Å². The topological polar surface area (TPSA) is 60.2 Å². The lowest BCUT2D eigenvalue weighted by molar-refractivity contribution is -0.137. The Hall–Kier alpha value is -3.11. The van der Waals surface area contributed by atoms with Gasteiger partial charge in [-0.3, -0.25) is 4.68 Å². The summed E-state index contributed by atoms with van der Waals surface area (Å²) in [5.74, 6) is -1.00. The predicted molar refractivity (Wildman–Crippen MR) is 146 cm³/mol. The highest BCUT2D eigenvalue weighted by molar-refractivity contribution is 6.37. The van der Waals surface area contributed by atoms with E-state index in [1.165, 1.54) is 37.4 Å². The number of fused-ring (bicyclic) bond motifs is 3. The van der Waals surface area contributed by atoms with Crippen molar-refractivity contribution >= 4 is 51.1 Å². The van der Waals surface area contributed by atoms with Crippen LogP contribution >= 0.6 is 23.2 Å². The first-order valence-corrected chi connectivity index (χ1v) is 13.4. The van der Waals surface area contributed by atoms with Crippen LogP contribution in [0.5, 0.6) is 0 Å². The number of amides is 1. The molecular formula is C28H26Cl2F4N4O2. The van der Waals surface area contributed by atoms with Gasteiger partial charge in [0.1, 0.15) is 16.3 Å². The Bertz CT molecular complexity index is 1640. The lowest BCUT2D eigenvalue weighted by Crippen LogP contribution is -2.42. The zero-order valence-electron chi connectivity index (χ0n) is 22.2. The van der Waals surface area contributed by atoms with Crippen LogP contribution in [0.3, 0.4) is 0 Å². The molecule has 0 aliphatic carbocycles. The van der Waals surface area contributed by atoms with Crippen molar-refractivity contribution in [3.63, 3.8) is 0 Å². The number of hydrogen-bond acceptors (Lipinski definition) is 4. The van der Waals surface area contributed by atoms with Crippen LogP contribution in [-0.2, 0) is 10.9 Å². The number of piperidine rings is 1. The van der Waals surface area contributed by atoms with Gasteiger partial charge in [0.05, 0.1) is 33.7 Å².